The largest absolute Gasteiger partial charge is 0.313 e. The number of benzene rings is 1. The molecular formula is C20H24N2O. The second-order valence-corrected chi connectivity index (χ2v) is 5.88. The molecule has 0 fully saturated rings. The van der Waals surface area contributed by atoms with Gasteiger partial charge in [0.05, 0.1) is 12.2 Å². The van der Waals surface area contributed by atoms with E-state index in [4.69, 9.17) is 0 Å². The third-order valence-corrected chi connectivity index (χ3v) is 3.71. The van der Waals surface area contributed by atoms with E-state index < -0.39 is 0 Å². The van der Waals surface area contributed by atoms with Gasteiger partial charge in [-0.15, -0.1) is 0 Å². The molecule has 0 saturated carbocycles. The lowest BCUT2D eigenvalue weighted by atomic mass is 10.0. The van der Waals surface area contributed by atoms with E-state index in [0.717, 1.165) is 16.8 Å². The number of rotatable bonds is 5. The molecule has 0 bridgehead atoms. The predicted octanol–water partition coefficient (Wildman–Crippen LogP) is 4.50. The fraction of sp³-hybridized carbons (Fsp3) is 0.300. The molecule has 0 aliphatic rings. The highest BCUT2D eigenvalue weighted by Crippen LogP contribution is 2.19. The Morgan fingerprint density at radius 3 is 2.43 bits per heavy atom. The van der Waals surface area contributed by atoms with E-state index >= 15 is 0 Å². The highest BCUT2D eigenvalue weighted by atomic mass is 16.2. The van der Waals surface area contributed by atoms with Gasteiger partial charge in [0.1, 0.15) is 0 Å². The van der Waals surface area contributed by atoms with E-state index in [2.05, 4.69) is 37.0 Å². The number of aryl methyl sites for hydroxylation is 2. The minimum absolute atomic E-state index is 0.0966. The Kier molecular flexibility index (Phi) is 5.69. The van der Waals surface area contributed by atoms with Gasteiger partial charge in [-0.25, -0.2) is 0 Å². The summed E-state index contributed by atoms with van der Waals surface area (Å²) in [6.45, 7) is 8.60. The van der Waals surface area contributed by atoms with Gasteiger partial charge >= 0.3 is 0 Å². The average molecular weight is 308 g/mol. The molecule has 0 aliphatic carbocycles. The average Bonchev–Trinajstić information content (AvgIpc) is 2.53. The molecule has 0 atom stereocenters. The van der Waals surface area contributed by atoms with E-state index in [1.54, 1.807) is 11.1 Å². The number of carbonyl (C=O) groups excluding carboxylic acids is 1. The molecule has 0 radical (unpaired) electrons. The number of carbonyl (C=O) groups is 1. The minimum atomic E-state index is 0.0966. The normalized spacial score (nSPS) is 11.4. The zero-order valence-corrected chi connectivity index (χ0v) is 14.3. The quantitative estimate of drug-likeness (QED) is 0.815. The van der Waals surface area contributed by atoms with Gasteiger partial charge in [0.15, 0.2) is 0 Å². The van der Waals surface area contributed by atoms with Crippen LogP contribution < -0.4 is 0 Å². The van der Waals surface area contributed by atoms with Crippen LogP contribution in [0.3, 0.4) is 0 Å². The number of aromatic nitrogens is 1. The van der Waals surface area contributed by atoms with E-state index in [9.17, 15) is 4.79 Å². The highest BCUT2D eigenvalue weighted by molar-refractivity contribution is 5.79. The van der Waals surface area contributed by atoms with Crippen molar-refractivity contribution in [1.29, 1.82) is 0 Å². The lowest BCUT2D eigenvalue weighted by Gasteiger charge is -2.19. The molecule has 1 amide bonds. The van der Waals surface area contributed by atoms with Crippen LogP contribution in [0, 0.1) is 13.8 Å². The maximum atomic E-state index is 12.3. The summed E-state index contributed by atoms with van der Waals surface area (Å²) >= 11 is 0. The van der Waals surface area contributed by atoms with Gasteiger partial charge in [0.25, 0.3) is 0 Å². The van der Waals surface area contributed by atoms with E-state index in [1.165, 1.54) is 11.1 Å². The van der Waals surface area contributed by atoms with Crippen molar-refractivity contribution in [2.24, 2.45) is 0 Å². The zero-order valence-electron chi connectivity index (χ0n) is 14.3. The Morgan fingerprint density at radius 1 is 1.17 bits per heavy atom. The Bertz CT molecular complexity index is 685. The number of hydrogen-bond donors (Lipinski definition) is 0. The van der Waals surface area contributed by atoms with Gasteiger partial charge in [-0.3, -0.25) is 9.78 Å². The summed E-state index contributed by atoms with van der Waals surface area (Å²) in [5, 5.41) is 0. The standard InChI is InChI=1S/C20H24N2O/c1-5-20(23)22(14-19-8-6-7-9-21-19)13-17(4)18-11-15(2)10-16(3)12-18/h6-13H,5,14H2,1-4H3/b17-13+. The number of pyridine rings is 1. The number of allylic oxidation sites excluding steroid dienone is 1. The second-order valence-electron chi connectivity index (χ2n) is 5.88. The van der Waals surface area contributed by atoms with Gasteiger partial charge in [-0.2, -0.15) is 0 Å². The van der Waals surface area contributed by atoms with Crippen LogP contribution in [0.1, 0.15) is 42.7 Å². The number of hydrogen-bond acceptors (Lipinski definition) is 2. The molecule has 0 unspecified atom stereocenters. The Morgan fingerprint density at radius 2 is 1.87 bits per heavy atom. The first kappa shape index (κ1) is 16.9. The van der Waals surface area contributed by atoms with Gasteiger partial charge in [0, 0.05) is 18.8 Å². The molecule has 2 rings (SSSR count). The molecule has 0 aliphatic heterocycles. The van der Waals surface area contributed by atoms with Crippen molar-refractivity contribution in [1.82, 2.24) is 9.88 Å². The predicted molar refractivity (Wildman–Crippen MR) is 94.6 cm³/mol. The highest BCUT2D eigenvalue weighted by Gasteiger charge is 2.11. The number of amides is 1. The van der Waals surface area contributed by atoms with Crippen molar-refractivity contribution in [3.8, 4) is 0 Å². The molecule has 1 heterocycles. The van der Waals surface area contributed by atoms with Crippen molar-refractivity contribution in [2.45, 2.75) is 40.7 Å². The molecule has 0 N–H and O–H groups in total. The minimum Gasteiger partial charge on any atom is -0.313 e. The summed E-state index contributed by atoms with van der Waals surface area (Å²) in [6, 6.07) is 12.2. The smallest absolute Gasteiger partial charge is 0.226 e. The van der Waals surface area contributed by atoms with Crippen LogP contribution in [0.4, 0.5) is 0 Å². The van der Waals surface area contributed by atoms with Crippen LogP contribution >= 0.6 is 0 Å². The maximum absolute atomic E-state index is 12.3. The lowest BCUT2D eigenvalue weighted by molar-refractivity contribution is -0.128. The van der Waals surface area contributed by atoms with Crippen molar-refractivity contribution in [2.75, 3.05) is 0 Å². The van der Waals surface area contributed by atoms with Crippen molar-refractivity contribution in [3.05, 3.63) is 71.2 Å². The Labute approximate surface area is 138 Å². The van der Waals surface area contributed by atoms with Crippen molar-refractivity contribution >= 4 is 11.5 Å². The molecule has 1 aromatic heterocycles. The summed E-state index contributed by atoms with van der Waals surface area (Å²) in [6.07, 6.45) is 4.17. The van der Waals surface area contributed by atoms with Gasteiger partial charge in [0.2, 0.25) is 5.91 Å². The van der Waals surface area contributed by atoms with Crippen molar-refractivity contribution in [3.63, 3.8) is 0 Å². The molecule has 0 saturated heterocycles. The molecule has 3 heteroatoms. The SMILES string of the molecule is CCC(=O)N(/C=C(\C)c1cc(C)cc(C)c1)Cc1ccccn1. The van der Waals surface area contributed by atoms with E-state index in [-0.39, 0.29) is 5.91 Å². The molecule has 1 aromatic carbocycles. The molecule has 2 aromatic rings. The molecule has 120 valence electrons. The van der Waals surface area contributed by atoms with E-state index in [1.807, 2.05) is 38.2 Å². The zero-order chi connectivity index (χ0) is 16.8. The summed E-state index contributed by atoms with van der Waals surface area (Å²) in [5.41, 5.74) is 5.57. The first-order chi connectivity index (χ1) is 11.0. The third-order valence-electron chi connectivity index (χ3n) is 3.71. The number of nitrogens with zero attached hydrogens (tertiary/aromatic N) is 2. The summed E-state index contributed by atoms with van der Waals surface area (Å²) in [5.74, 6) is 0.0966. The summed E-state index contributed by atoms with van der Waals surface area (Å²) in [7, 11) is 0. The van der Waals surface area contributed by atoms with Crippen molar-refractivity contribution < 1.29 is 4.79 Å². The molecule has 23 heavy (non-hydrogen) atoms. The molecule has 0 spiro atoms. The first-order valence-electron chi connectivity index (χ1n) is 7.96. The van der Waals surface area contributed by atoms with Gasteiger partial charge in [-0.05, 0) is 44.0 Å². The lowest BCUT2D eigenvalue weighted by Crippen LogP contribution is -2.25. The topological polar surface area (TPSA) is 33.2 Å². The Balaban J connectivity index is 2.30. The van der Waals surface area contributed by atoms with Gasteiger partial charge < -0.3 is 4.90 Å². The monoisotopic (exact) mass is 308 g/mol. The van der Waals surface area contributed by atoms with Crippen LogP contribution in [-0.2, 0) is 11.3 Å². The third kappa shape index (κ3) is 4.78. The fourth-order valence-electron chi connectivity index (χ4n) is 2.59. The van der Waals surface area contributed by atoms with Crippen LogP contribution in [0.2, 0.25) is 0 Å². The summed E-state index contributed by atoms with van der Waals surface area (Å²) in [4.78, 5) is 18.4. The Hall–Kier alpha value is -2.42. The van der Waals surface area contributed by atoms with Crippen LogP contribution in [-0.4, -0.2) is 15.8 Å². The van der Waals surface area contributed by atoms with Gasteiger partial charge in [-0.1, -0.05) is 42.3 Å². The van der Waals surface area contributed by atoms with Crippen LogP contribution in [0.25, 0.3) is 5.57 Å². The maximum Gasteiger partial charge on any atom is 0.226 e. The molecule has 3 nitrogen and oxygen atoms in total. The van der Waals surface area contributed by atoms with Crippen LogP contribution in [0.15, 0.2) is 48.8 Å². The fourth-order valence-corrected chi connectivity index (χ4v) is 2.59. The molecular weight excluding hydrogens is 284 g/mol. The second kappa shape index (κ2) is 7.73. The van der Waals surface area contributed by atoms with E-state index in [0.29, 0.717) is 13.0 Å². The first-order valence-corrected chi connectivity index (χ1v) is 7.96. The summed E-state index contributed by atoms with van der Waals surface area (Å²) < 4.78 is 0. The van der Waals surface area contributed by atoms with Crippen LogP contribution in [0.5, 0.6) is 0 Å².